The van der Waals surface area contributed by atoms with Crippen molar-refractivity contribution in [2.75, 3.05) is 5.32 Å². The molecule has 1 aromatic heterocycles. The minimum Gasteiger partial charge on any atom is -0.326 e. The molecule has 1 aromatic carbocycles. The van der Waals surface area contributed by atoms with Crippen LogP contribution in [0.2, 0.25) is 5.02 Å². The Balaban J connectivity index is 2.03. The molecule has 8 heteroatoms. The van der Waals surface area contributed by atoms with Gasteiger partial charge in [-0.15, -0.1) is 0 Å². The van der Waals surface area contributed by atoms with E-state index >= 15 is 0 Å². The van der Waals surface area contributed by atoms with Gasteiger partial charge in [0.15, 0.2) is 5.16 Å². The van der Waals surface area contributed by atoms with Gasteiger partial charge in [0.1, 0.15) is 0 Å². The third-order valence-corrected chi connectivity index (χ3v) is 4.72. The number of aromatic nitrogens is 2. The molecule has 0 saturated heterocycles. The summed E-state index contributed by atoms with van der Waals surface area (Å²) < 4.78 is 24.9. The Bertz CT molecular complexity index is 763. The first kappa shape index (κ1) is 19.6. The van der Waals surface area contributed by atoms with Crippen LogP contribution in [-0.4, -0.2) is 21.6 Å². The Morgan fingerprint density at radius 1 is 1.24 bits per heavy atom. The summed E-state index contributed by atoms with van der Waals surface area (Å²) in [5.74, 6) is -2.72. The van der Waals surface area contributed by atoms with Crippen LogP contribution >= 0.6 is 23.4 Å². The quantitative estimate of drug-likeness (QED) is 0.565. The van der Waals surface area contributed by atoms with Gasteiger partial charge >= 0.3 is 0 Å². The highest BCUT2D eigenvalue weighted by molar-refractivity contribution is 7.99. The number of hydrogen-bond acceptors (Lipinski definition) is 4. The summed E-state index contributed by atoms with van der Waals surface area (Å²) >= 11 is 6.36. The largest absolute Gasteiger partial charge is 0.326 e. The van der Waals surface area contributed by atoms with Gasteiger partial charge in [-0.25, -0.2) is 9.97 Å². The average Bonchev–Trinajstić information content (AvgIpc) is 2.50. The third kappa shape index (κ3) is 5.37. The first-order valence-corrected chi connectivity index (χ1v) is 8.87. The van der Waals surface area contributed by atoms with Crippen molar-refractivity contribution in [1.29, 1.82) is 0 Å². The van der Waals surface area contributed by atoms with Gasteiger partial charge in [0.05, 0.1) is 0 Å². The molecule has 0 atom stereocenters. The maximum Gasteiger partial charge on any atom is 0.291 e. The number of nitrogens with one attached hydrogen (secondary N) is 1. The molecule has 0 bridgehead atoms. The molecule has 134 valence electrons. The van der Waals surface area contributed by atoms with Crippen molar-refractivity contribution >= 4 is 35.0 Å². The van der Waals surface area contributed by atoms with Gasteiger partial charge in [0.25, 0.3) is 5.76 Å². The zero-order chi connectivity index (χ0) is 18.6. The molecule has 0 radical (unpaired) electrons. The maximum absolute atomic E-state index is 12.4. The van der Waals surface area contributed by atoms with Gasteiger partial charge in [-0.05, 0) is 62.2 Å². The summed E-state index contributed by atoms with van der Waals surface area (Å²) in [5.41, 5.74) is 3.51. The van der Waals surface area contributed by atoms with Crippen LogP contribution in [0.25, 0.3) is 0 Å². The van der Waals surface area contributed by atoms with Gasteiger partial charge in [0.2, 0.25) is 5.91 Å². The van der Waals surface area contributed by atoms with Crippen LogP contribution in [-0.2, 0) is 11.2 Å². The number of halogens is 3. The number of hydrogen-bond donors (Lipinski definition) is 1. The molecule has 25 heavy (non-hydrogen) atoms. The molecule has 4 nitrogen and oxygen atoms in total. The second-order valence-electron chi connectivity index (χ2n) is 5.49. The summed E-state index contributed by atoms with van der Waals surface area (Å²) in [7, 11) is 0. The molecule has 1 amide bonds. The minimum atomic E-state index is -2.56. The SMILES string of the molecule is Cc1nc(SC(F)F)nc(C)c1CCC(=O)Nc1cccc(Cl)c1C. The average molecular weight is 386 g/mol. The van der Waals surface area contributed by atoms with Crippen LogP contribution in [0, 0.1) is 20.8 Å². The molecule has 0 aliphatic heterocycles. The molecule has 0 aliphatic carbocycles. The van der Waals surface area contributed by atoms with E-state index in [2.05, 4.69) is 15.3 Å². The molecular weight excluding hydrogens is 368 g/mol. The zero-order valence-corrected chi connectivity index (χ0v) is 15.6. The van der Waals surface area contributed by atoms with E-state index in [-0.39, 0.29) is 17.5 Å². The van der Waals surface area contributed by atoms with E-state index in [1.54, 1.807) is 32.0 Å². The Morgan fingerprint density at radius 2 is 1.88 bits per heavy atom. The van der Waals surface area contributed by atoms with E-state index in [0.29, 0.717) is 40.3 Å². The highest BCUT2D eigenvalue weighted by Crippen LogP contribution is 2.25. The lowest BCUT2D eigenvalue weighted by Gasteiger charge is -2.12. The monoisotopic (exact) mass is 385 g/mol. The third-order valence-electron chi connectivity index (χ3n) is 3.74. The number of aryl methyl sites for hydroxylation is 2. The number of alkyl halides is 2. The first-order valence-electron chi connectivity index (χ1n) is 7.61. The number of thioether (sulfide) groups is 1. The predicted molar refractivity (Wildman–Crippen MR) is 96.5 cm³/mol. The fraction of sp³-hybridized carbons (Fsp3) is 0.353. The van der Waals surface area contributed by atoms with Crippen molar-refractivity contribution in [2.45, 2.75) is 44.5 Å². The second-order valence-corrected chi connectivity index (χ2v) is 6.86. The molecule has 0 fully saturated rings. The molecule has 1 N–H and O–H groups in total. The number of anilines is 1. The van der Waals surface area contributed by atoms with Gasteiger partial charge in [-0.1, -0.05) is 17.7 Å². The molecule has 0 unspecified atom stereocenters. The Labute approximate surface area is 154 Å². The van der Waals surface area contributed by atoms with Crippen molar-refractivity contribution in [2.24, 2.45) is 0 Å². The van der Waals surface area contributed by atoms with Gasteiger partial charge in [0, 0.05) is 28.5 Å². The lowest BCUT2D eigenvalue weighted by atomic mass is 10.1. The smallest absolute Gasteiger partial charge is 0.291 e. The van der Waals surface area contributed by atoms with Crippen LogP contribution in [0.4, 0.5) is 14.5 Å². The minimum absolute atomic E-state index is 0.0488. The van der Waals surface area contributed by atoms with Crippen molar-refractivity contribution in [3.63, 3.8) is 0 Å². The number of carbonyl (C=O) groups excluding carboxylic acids is 1. The van der Waals surface area contributed by atoms with Crippen LogP contribution in [0.15, 0.2) is 23.4 Å². The Morgan fingerprint density at radius 3 is 2.48 bits per heavy atom. The van der Waals surface area contributed by atoms with Crippen molar-refractivity contribution < 1.29 is 13.6 Å². The normalized spacial score (nSPS) is 11.0. The number of carbonyl (C=O) groups is 1. The van der Waals surface area contributed by atoms with Crippen LogP contribution in [0.3, 0.4) is 0 Å². The molecule has 2 rings (SSSR count). The van der Waals surface area contributed by atoms with E-state index in [0.717, 1.165) is 11.1 Å². The van der Waals surface area contributed by atoms with E-state index in [4.69, 9.17) is 11.6 Å². The van der Waals surface area contributed by atoms with Crippen molar-refractivity contribution in [3.8, 4) is 0 Å². The highest BCUT2D eigenvalue weighted by Gasteiger charge is 2.14. The van der Waals surface area contributed by atoms with Crippen LogP contribution < -0.4 is 5.32 Å². The summed E-state index contributed by atoms with van der Waals surface area (Å²) in [6.45, 7) is 5.30. The van der Waals surface area contributed by atoms with Crippen LogP contribution in [0.5, 0.6) is 0 Å². The van der Waals surface area contributed by atoms with Crippen molar-refractivity contribution in [1.82, 2.24) is 9.97 Å². The summed E-state index contributed by atoms with van der Waals surface area (Å²) in [5, 5.41) is 3.47. The van der Waals surface area contributed by atoms with Gasteiger partial charge < -0.3 is 5.32 Å². The fourth-order valence-electron chi connectivity index (χ4n) is 2.40. The lowest BCUT2D eigenvalue weighted by Crippen LogP contribution is -2.14. The Kier molecular flexibility index (Phi) is 6.72. The van der Waals surface area contributed by atoms with Crippen LogP contribution in [0.1, 0.15) is 28.9 Å². The van der Waals surface area contributed by atoms with Gasteiger partial charge in [-0.2, -0.15) is 8.78 Å². The Hall–Kier alpha value is -1.73. The summed E-state index contributed by atoms with van der Waals surface area (Å²) in [4.78, 5) is 20.4. The summed E-state index contributed by atoms with van der Waals surface area (Å²) in [6.07, 6.45) is 0.668. The fourth-order valence-corrected chi connectivity index (χ4v) is 3.11. The molecule has 0 saturated carbocycles. The molecule has 2 aromatic rings. The van der Waals surface area contributed by atoms with Gasteiger partial charge in [-0.3, -0.25) is 4.79 Å². The standard InChI is InChI=1S/C17H18ClF2N3OS/c1-9-13(18)5-4-6-14(9)23-15(24)8-7-12-10(2)21-17(22-11(12)3)25-16(19)20/h4-6,16H,7-8H2,1-3H3,(H,23,24). The topological polar surface area (TPSA) is 54.9 Å². The highest BCUT2D eigenvalue weighted by atomic mass is 35.5. The predicted octanol–water partition coefficient (Wildman–Crippen LogP) is 4.94. The van der Waals surface area contributed by atoms with E-state index in [9.17, 15) is 13.6 Å². The van der Waals surface area contributed by atoms with E-state index in [1.807, 2.05) is 6.92 Å². The number of rotatable bonds is 6. The zero-order valence-electron chi connectivity index (χ0n) is 14.1. The number of nitrogens with zero attached hydrogens (tertiary/aromatic N) is 2. The first-order chi connectivity index (χ1) is 11.8. The number of amides is 1. The maximum atomic E-state index is 12.4. The van der Waals surface area contributed by atoms with Crippen molar-refractivity contribution in [3.05, 3.63) is 45.7 Å². The molecular formula is C17H18ClF2N3OS. The lowest BCUT2D eigenvalue weighted by molar-refractivity contribution is -0.116. The molecule has 0 spiro atoms. The number of benzene rings is 1. The molecule has 0 aliphatic rings. The second kappa shape index (κ2) is 8.58. The molecule has 1 heterocycles. The van der Waals surface area contributed by atoms with E-state index < -0.39 is 5.76 Å². The summed E-state index contributed by atoms with van der Waals surface area (Å²) in [6, 6.07) is 5.32. The van der Waals surface area contributed by atoms with E-state index in [1.165, 1.54) is 0 Å².